The average molecular weight is 728 g/mol. The second kappa shape index (κ2) is 21.0. The molecule has 0 aliphatic carbocycles. The molecule has 0 bridgehead atoms. The molecule has 3 nitrogen and oxygen atoms in total. The minimum Gasteiger partial charge on any atom is -0.456 e. The van der Waals surface area contributed by atoms with Gasteiger partial charge < -0.3 is 13.7 Å². The molecule has 0 unspecified atom stereocenters. The van der Waals surface area contributed by atoms with Crippen LogP contribution in [0.25, 0.3) is 66.1 Å². The highest BCUT2D eigenvalue weighted by Crippen LogP contribution is 2.40. The number of rotatable bonds is 5. The summed E-state index contributed by atoms with van der Waals surface area (Å²) in [6.45, 7) is 20.0. The van der Waals surface area contributed by atoms with Crippen molar-refractivity contribution in [1.29, 1.82) is 0 Å². The maximum Gasteiger partial charge on any atom is 0.143 e. The summed E-state index contributed by atoms with van der Waals surface area (Å²) in [7, 11) is 0. The normalized spacial score (nSPS) is 10.0. The van der Waals surface area contributed by atoms with Crippen LogP contribution in [0.5, 0.6) is 0 Å². The lowest BCUT2D eigenvalue weighted by molar-refractivity contribution is 0.669. The van der Waals surface area contributed by atoms with Crippen molar-refractivity contribution in [3.8, 4) is 22.3 Å². The molecule has 0 radical (unpaired) electrons. The Hall–Kier alpha value is -6.06. The van der Waals surface area contributed by atoms with Gasteiger partial charge in [-0.05, 0) is 77.4 Å². The van der Waals surface area contributed by atoms with Crippen molar-refractivity contribution >= 4 is 60.9 Å². The first-order chi connectivity index (χ1) is 27.3. The number of anilines is 3. The molecule has 282 valence electrons. The number of nitrogens with zero attached hydrogens (tertiary/aromatic N) is 1. The molecule has 0 amide bonds. The quantitative estimate of drug-likeness (QED) is 0.177. The van der Waals surface area contributed by atoms with Crippen LogP contribution in [-0.4, -0.2) is 0 Å². The maximum atomic E-state index is 6.34. The van der Waals surface area contributed by atoms with E-state index in [1.54, 1.807) is 0 Å². The molecule has 3 heteroatoms. The highest BCUT2D eigenvalue weighted by atomic mass is 16.3. The molecule has 0 N–H and O–H groups in total. The molecule has 55 heavy (non-hydrogen) atoms. The third-order valence-electron chi connectivity index (χ3n) is 8.67. The van der Waals surface area contributed by atoms with E-state index in [1.165, 1.54) is 0 Å². The fourth-order valence-corrected chi connectivity index (χ4v) is 6.52. The maximum absolute atomic E-state index is 6.34. The number of benzene rings is 7. The van der Waals surface area contributed by atoms with Gasteiger partial charge >= 0.3 is 0 Å². The van der Waals surface area contributed by atoms with Crippen LogP contribution < -0.4 is 4.90 Å². The van der Waals surface area contributed by atoms with E-state index in [4.69, 9.17) is 8.83 Å². The van der Waals surface area contributed by atoms with Crippen LogP contribution in [0.15, 0.2) is 173 Å². The van der Waals surface area contributed by atoms with E-state index in [9.17, 15) is 0 Å². The molecule has 0 aliphatic heterocycles. The zero-order valence-electron chi connectivity index (χ0n) is 34.4. The molecule has 0 saturated heterocycles. The highest BCUT2D eigenvalue weighted by molar-refractivity contribution is 6.09. The molecule has 9 rings (SSSR count). The lowest BCUT2D eigenvalue weighted by Gasteiger charge is -2.26. The fraction of sp³-hybridized carbons (Fsp3) is 0.192. The van der Waals surface area contributed by atoms with Crippen LogP contribution in [-0.2, 0) is 0 Å². The van der Waals surface area contributed by atoms with Crippen LogP contribution in [0, 0.1) is 0 Å². The number of hydrogen-bond donors (Lipinski definition) is 0. The SMILES string of the molecule is CC.CC.CC.CC.CC.c1ccc(N(c2ccc(-c3cccc4c3oc3ccccc34)cc2)c2cccc(-c3ccc4oc5ccccc5c4c3)c2)cc1. The smallest absolute Gasteiger partial charge is 0.143 e. The standard InChI is InChI=1S/C42H27NO2.5C2H6/c1-2-11-31(12-3-1)43(32-23-20-28(21-24-32)34-16-9-17-37-35-14-4-7-19-40(35)45-42(34)37)33-13-8-10-29(26-33)30-22-25-41-38(27-30)36-15-5-6-18-39(36)44-41;5*1-2/h1-27H;5*1-2H3. The summed E-state index contributed by atoms with van der Waals surface area (Å²) in [5.41, 5.74) is 11.4. The van der Waals surface area contributed by atoms with Crippen LogP contribution in [0.4, 0.5) is 17.1 Å². The minimum absolute atomic E-state index is 0.903. The topological polar surface area (TPSA) is 29.5 Å². The molecule has 0 spiro atoms. The van der Waals surface area contributed by atoms with Crippen molar-refractivity contribution in [2.24, 2.45) is 0 Å². The van der Waals surface area contributed by atoms with E-state index in [1.807, 2.05) is 93.5 Å². The van der Waals surface area contributed by atoms with Gasteiger partial charge in [0.1, 0.15) is 22.3 Å². The van der Waals surface area contributed by atoms with E-state index in [0.717, 1.165) is 83.2 Å². The van der Waals surface area contributed by atoms with Gasteiger partial charge in [-0.2, -0.15) is 0 Å². The van der Waals surface area contributed by atoms with Gasteiger partial charge in [-0.25, -0.2) is 0 Å². The van der Waals surface area contributed by atoms with Crippen LogP contribution in [0.1, 0.15) is 69.2 Å². The molecule has 2 heterocycles. The molecule has 2 aromatic heterocycles. The second-order valence-electron chi connectivity index (χ2n) is 11.4. The summed E-state index contributed by atoms with van der Waals surface area (Å²) >= 11 is 0. The van der Waals surface area contributed by atoms with Crippen LogP contribution in [0.2, 0.25) is 0 Å². The molecular weight excluding hydrogens is 671 g/mol. The summed E-state index contributed by atoms with van der Waals surface area (Å²) < 4.78 is 12.4. The molecule has 0 aliphatic rings. The third kappa shape index (κ3) is 8.85. The van der Waals surface area contributed by atoms with E-state index in [0.29, 0.717) is 0 Å². The number of fused-ring (bicyclic) bond motifs is 6. The Morgan fingerprint density at radius 1 is 0.309 bits per heavy atom. The second-order valence-corrected chi connectivity index (χ2v) is 11.4. The molecule has 0 fully saturated rings. The lowest BCUT2D eigenvalue weighted by atomic mass is 10.0. The first-order valence-corrected chi connectivity index (χ1v) is 20.2. The summed E-state index contributed by atoms with van der Waals surface area (Å²) in [5.74, 6) is 0. The Bertz CT molecular complexity index is 2490. The summed E-state index contributed by atoms with van der Waals surface area (Å²) in [5, 5.41) is 4.54. The third-order valence-corrected chi connectivity index (χ3v) is 8.67. The Balaban J connectivity index is 0.000000626. The monoisotopic (exact) mass is 727 g/mol. The van der Waals surface area contributed by atoms with Crippen molar-refractivity contribution in [2.45, 2.75) is 69.2 Å². The minimum atomic E-state index is 0.903. The van der Waals surface area contributed by atoms with E-state index in [2.05, 4.69) is 144 Å². The number of furan rings is 2. The van der Waals surface area contributed by atoms with Crippen LogP contribution in [0.3, 0.4) is 0 Å². The van der Waals surface area contributed by atoms with E-state index < -0.39 is 0 Å². The predicted molar refractivity (Wildman–Crippen MR) is 243 cm³/mol. The molecule has 9 aromatic rings. The van der Waals surface area contributed by atoms with E-state index >= 15 is 0 Å². The number of para-hydroxylation sites is 4. The van der Waals surface area contributed by atoms with Crippen LogP contribution >= 0.6 is 0 Å². The van der Waals surface area contributed by atoms with Crippen molar-refractivity contribution in [2.75, 3.05) is 4.90 Å². The van der Waals surface area contributed by atoms with Crippen molar-refractivity contribution < 1.29 is 8.83 Å². The Labute approximate surface area is 328 Å². The molecule has 7 aromatic carbocycles. The fourth-order valence-electron chi connectivity index (χ4n) is 6.52. The zero-order valence-corrected chi connectivity index (χ0v) is 34.4. The molecule has 0 saturated carbocycles. The first-order valence-electron chi connectivity index (χ1n) is 20.2. The van der Waals surface area contributed by atoms with Gasteiger partial charge in [0.2, 0.25) is 0 Å². The van der Waals surface area contributed by atoms with Gasteiger partial charge in [0.05, 0.1) is 0 Å². The molecular formula is C52H57NO2. The van der Waals surface area contributed by atoms with Gasteiger partial charge in [0.15, 0.2) is 0 Å². The number of hydrogen-bond acceptors (Lipinski definition) is 3. The zero-order chi connectivity index (χ0) is 39.7. The van der Waals surface area contributed by atoms with Crippen molar-refractivity contribution in [3.05, 3.63) is 164 Å². The van der Waals surface area contributed by atoms with Gasteiger partial charge in [0.25, 0.3) is 0 Å². The van der Waals surface area contributed by atoms with Gasteiger partial charge in [-0.3, -0.25) is 0 Å². The highest BCUT2D eigenvalue weighted by Gasteiger charge is 2.16. The van der Waals surface area contributed by atoms with Crippen molar-refractivity contribution in [3.63, 3.8) is 0 Å². The van der Waals surface area contributed by atoms with Gasteiger partial charge in [0, 0.05) is 44.2 Å². The average Bonchev–Trinajstić information content (AvgIpc) is 3.86. The van der Waals surface area contributed by atoms with Gasteiger partial charge in [-0.15, -0.1) is 0 Å². The largest absolute Gasteiger partial charge is 0.456 e. The summed E-state index contributed by atoms with van der Waals surface area (Å²) in [6, 6.07) is 57.3. The summed E-state index contributed by atoms with van der Waals surface area (Å²) in [6.07, 6.45) is 0. The lowest BCUT2D eigenvalue weighted by Crippen LogP contribution is -2.09. The first kappa shape index (κ1) is 41.7. The molecule has 0 atom stereocenters. The Kier molecular flexibility index (Phi) is 15.9. The predicted octanol–water partition coefficient (Wildman–Crippen LogP) is 17.4. The summed E-state index contributed by atoms with van der Waals surface area (Å²) in [4.78, 5) is 2.31. The van der Waals surface area contributed by atoms with Gasteiger partial charge in [-0.1, -0.05) is 172 Å². The Morgan fingerprint density at radius 2 is 0.782 bits per heavy atom. The van der Waals surface area contributed by atoms with E-state index in [-0.39, 0.29) is 0 Å². The Morgan fingerprint density at radius 3 is 1.45 bits per heavy atom. The van der Waals surface area contributed by atoms with Crippen molar-refractivity contribution in [1.82, 2.24) is 0 Å².